The van der Waals surface area contributed by atoms with Gasteiger partial charge in [0.25, 0.3) is 10.2 Å². The molecule has 3 rings (SSSR count). The summed E-state index contributed by atoms with van der Waals surface area (Å²) in [5, 5.41) is 0.143. The molecule has 0 unspecified atom stereocenters. The number of aliphatic imine (C=N–C) groups is 1. The molecule has 0 saturated heterocycles. The van der Waals surface area contributed by atoms with Gasteiger partial charge in [0.15, 0.2) is 0 Å². The molecular formula is C21H22ClN3O3S2. The number of hydrogen-bond acceptors (Lipinski definition) is 5. The normalized spacial score (nSPS) is 14.6. The molecule has 9 heteroatoms. The smallest absolute Gasteiger partial charge is 0.299 e. The molecule has 2 aromatic carbocycles. The van der Waals surface area contributed by atoms with Crippen LogP contribution >= 0.6 is 23.4 Å². The number of allylic oxidation sites excluding steroid dienone is 2. The molecule has 2 N–H and O–H groups in total. The molecule has 0 saturated carbocycles. The summed E-state index contributed by atoms with van der Waals surface area (Å²) in [6, 6.07) is 13.2. The standard InChI is InChI=1S/C21H22ClN3O3S2/c1-4-23-21(22)20(17-8-5-14(2)6-9-17)15(3)25-30(26,27)24-12-16-7-10-18-19(11-16)29-13-28-18/h4-11,24-25H,1,12-13H2,2-3H3/b20-15+,23-21?. The molecule has 0 bridgehead atoms. The van der Waals surface area contributed by atoms with E-state index in [0.29, 0.717) is 17.2 Å². The van der Waals surface area contributed by atoms with Gasteiger partial charge in [-0.05, 0) is 37.1 Å². The van der Waals surface area contributed by atoms with E-state index in [0.717, 1.165) is 27.3 Å². The number of nitrogens with zero attached hydrogens (tertiary/aromatic N) is 1. The van der Waals surface area contributed by atoms with Crippen LogP contribution in [0.25, 0.3) is 5.57 Å². The third kappa shape index (κ3) is 5.66. The summed E-state index contributed by atoms with van der Waals surface area (Å²) >= 11 is 7.90. The van der Waals surface area contributed by atoms with Gasteiger partial charge in [-0.1, -0.05) is 65.8 Å². The second-order valence-electron chi connectivity index (χ2n) is 6.58. The van der Waals surface area contributed by atoms with Crippen LogP contribution in [-0.4, -0.2) is 19.5 Å². The highest BCUT2D eigenvalue weighted by Crippen LogP contribution is 2.36. The fraction of sp³-hybridized carbons (Fsp3) is 0.190. The second-order valence-corrected chi connectivity index (χ2v) is 9.40. The zero-order chi connectivity index (χ0) is 21.7. The van der Waals surface area contributed by atoms with Gasteiger partial charge in [-0.25, -0.2) is 4.99 Å². The Hall–Kier alpha value is -2.26. The maximum absolute atomic E-state index is 12.6. The summed E-state index contributed by atoms with van der Waals surface area (Å²) < 4.78 is 35.8. The van der Waals surface area contributed by atoms with Crippen molar-refractivity contribution in [3.8, 4) is 5.75 Å². The van der Waals surface area contributed by atoms with E-state index in [1.54, 1.807) is 18.7 Å². The Morgan fingerprint density at radius 2 is 2.03 bits per heavy atom. The predicted octanol–water partition coefficient (Wildman–Crippen LogP) is 4.57. The van der Waals surface area contributed by atoms with Gasteiger partial charge in [-0.15, -0.1) is 0 Å². The Balaban J connectivity index is 1.80. The predicted molar refractivity (Wildman–Crippen MR) is 124 cm³/mol. The molecule has 0 spiro atoms. The molecule has 1 heterocycles. The van der Waals surface area contributed by atoms with E-state index in [4.69, 9.17) is 16.3 Å². The first-order valence-electron chi connectivity index (χ1n) is 9.07. The van der Waals surface area contributed by atoms with E-state index >= 15 is 0 Å². The Kier molecular flexibility index (Phi) is 7.25. The highest BCUT2D eigenvalue weighted by atomic mass is 35.5. The van der Waals surface area contributed by atoms with Gasteiger partial charge in [0.05, 0.1) is 4.90 Å². The van der Waals surface area contributed by atoms with Crippen LogP contribution in [0.3, 0.4) is 0 Å². The number of benzene rings is 2. The zero-order valence-electron chi connectivity index (χ0n) is 16.6. The van der Waals surface area contributed by atoms with Crippen molar-refractivity contribution < 1.29 is 13.2 Å². The van der Waals surface area contributed by atoms with E-state index in [-0.39, 0.29) is 11.7 Å². The largest absolute Gasteiger partial charge is 0.481 e. The fourth-order valence-corrected chi connectivity index (χ4v) is 4.94. The molecule has 0 aliphatic carbocycles. The van der Waals surface area contributed by atoms with Crippen molar-refractivity contribution in [3.63, 3.8) is 0 Å². The quantitative estimate of drug-likeness (QED) is 0.562. The zero-order valence-corrected chi connectivity index (χ0v) is 19.0. The summed E-state index contributed by atoms with van der Waals surface area (Å²) in [4.78, 5) is 5.02. The van der Waals surface area contributed by atoms with Crippen LogP contribution in [0.1, 0.15) is 23.6 Å². The van der Waals surface area contributed by atoms with Gasteiger partial charge in [0.1, 0.15) is 16.9 Å². The molecule has 30 heavy (non-hydrogen) atoms. The van der Waals surface area contributed by atoms with E-state index in [1.807, 2.05) is 49.4 Å². The summed E-state index contributed by atoms with van der Waals surface area (Å²) in [7, 11) is -3.84. The van der Waals surface area contributed by atoms with Crippen molar-refractivity contribution in [2.45, 2.75) is 25.3 Å². The molecule has 0 amide bonds. The molecule has 0 aromatic heterocycles. The first kappa shape index (κ1) is 22.4. The summed E-state index contributed by atoms with van der Waals surface area (Å²) in [5.41, 5.74) is 3.48. The lowest BCUT2D eigenvalue weighted by atomic mass is 10.0. The summed E-state index contributed by atoms with van der Waals surface area (Å²) in [6.07, 6.45) is 1.31. The van der Waals surface area contributed by atoms with Gasteiger partial charge in [-0.2, -0.15) is 13.1 Å². The Labute approximate surface area is 186 Å². The second kappa shape index (κ2) is 9.70. The third-order valence-electron chi connectivity index (χ3n) is 4.32. The van der Waals surface area contributed by atoms with Gasteiger partial charge in [-0.3, -0.25) is 4.72 Å². The monoisotopic (exact) mass is 463 g/mol. The molecule has 6 nitrogen and oxygen atoms in total. The van der Waals surface area contributed by atoms with Crippen molar-refractivity contribution in [1.29, 1.82) is 0 Å². The van der Waals surface area contributed by atoms with E-state index in [9.17, 15) is 8.42 Å². The van der Waals surface area contributed by atoms with Crippen molar-refractivity contribution in [2.75, 3.05) is 5.94 Å². The van der Waals surface area contributed by atoms with Crippen LogP contribution in [0.2, 0.25) is 0 Å². The number of ether oxygens (including phenoxy) is 1. The Morgan fingerprint density at radius 3 is 2.73 bits per heavy atom. The minimum Gasteiger partial charge on any atom is -0.481 e. The van der Waals surface area contributed by atoms with Crippen LogP contribution in [0.4, 0.5) is 0 Å². The number of hydrogen-bond donors (Lipinski definition) is 2. The van der Waals surface area contributed by atoms with E-state index < -0.39 is 10.2 Å². The lowest BCUT2D eigenvalue weighted by molar-refractivity contribution is 0.397. The fourth-order valence-electron chi connectivity index (χ4n) is 2.87. The minimum absolute atomic E-state index is 0.143. The topological polar surface area (TPSA) is 79.8 Å². The van der Waals surface area contributed by atoms with Gasteiger partial charge in [0, 0.05) is 24.0 Å². The van der Waals surface area contributed by atoms with Crippen molar-refractivity contribution in [1.82, 2.24) is 9.44 Å². The molecule has 158 valence electrons. The summed E-state index contributed by atoms with van der Waals surface area (Å²) in [5.74, 6) is 1.40. The highest BCUT2D eigenvalue weighted by molar-refractivity contribution is 7.99. The molecule has 1 aliphatic rings. The average Bonchev–Trinajstić information content (AvgIpc) is 3.16. The number of halogens is 1. The third-order valence-corrected chi connectivity index (χ3v) is 6.57. The first-order valence-corrected chi connectivity index (χ1v) is 11.9. The molecule has 2 aromatic rings. The number of rotatable bonds is 8. The van der Waals surface area contributed by atoms with Crippen LogP contribution in [0, 0.1) is 6.92 Å². The Morgan fingerprint density at radius 1 is 1.30 bits per heavy atom. The maximum atomic E-state index is 12.6. The molecular weight excluding hydrogens is 442 g/mol. The maximum Gasteiger partial charge on any atom is 0.299 e. The Bertz CT molecular complexity index is 1110. The van der Waals surface area contributed by atoms with Crippen LogP contribution in [-0.2, 0) is 16.8 Å². The molecule has 0 radical (unpaired) electrons. The van der Waals surface area contributed by atoms with Crippen molar-refractivity contribution in [3.05, 3.63) is 77.6 Å². The minimum atomic E-state index is -3.84. The summed E-state index contributed by atoms with van der Waals surface area (Å²) in [6.45, 7) is 7.31. The molecule has 1 aliphatic heterocycles. The van der Waals surface area contributed by atoms with Crippen molar-refractivity contribution in [2.24, 2.45) is 4.99 Å². The average molecular weight is 464 g/mol. The lowest BCUT2D eigenvalue weighted by Crippen LogP contribution is -2.35. The van der Waals surface area contributed by atoms with Crippen LogP contribution in [0.5, 0.6) is 5.75 Å². The van der Waals surface area contributed by atoms with Crippen molar-refractivity contribution >= 4 is 44.3 Å². The molecule has 0 atom stereocenters. The van der Waals surface area contributed by atoms with Gasteiger partial charge < -0.3 is 4.74 Å². The van der Waals surface area contributed by atoms with Crippen LogP contribution in [0.15, 0.2) is 70.8 Å². The van der Waals surface area contributed by atoms with Gasteiger partial charge in [0.2, 0.25) is 0 Å². The van der Waals surface area contributed by atoms with Crippen LogP contribution < -0.4 is 14.2 Å². The lowest BCUT2D eigenvalue weighted by Gasteiger charge is -2.15. The first-order chi connectivity index (χ1) is 14.3. The SMILES string of the molecule is C=CN=C(Cl)/C(=C(\C)NS(=O)(=O)NCc1ccc2c(c1)SCO2)c1ccc(C)cc1. The number of aryl methyl sites for hydroxylation is 1. The number of nitrogens with one attached hydrogen (secondary N) is 2. The highest BCUT2D eigenvalue weighted by Gasteiger charge is 2.18. The number of thioether (sulfide) groups is 1. The van der Waals surface area contributed by atoms with E-state index in [2.05, 4.69) is 21.0 Å². The van der Waals surface area contributed by atoms with E-state index in [1.165, 1.54) is 6.20 Å². The van der Waals surface area contributed by atoms with Gasteiger partial charge >= 0.3 is 0 Å². The number of fused-ring (bicyclic) bond motifs is 1. The molecule has 0 fully saturated rings.